The minimum Gasteiger partial charge on any atom is -0.497 e. The van der Waals surface area contributed by atoms with Gasteiger partial charge in [-0.25, -0.2) is 9.69 Å². The van der Waals surface area contributed by atoms with Crippen LogP contribution in [0.1, 0.15) is 35.8 Å². The van der Waals surface area contributed by atoms with Crippen molar-refractivity contribution >= 4 is 23.4 Å². The van der Waals surface area contributed by atoms with Crippen LogP contribution < -0.4 is 10.1 Å². The average Bonchev–Trinajstić information content (AvgIpc) is 2.80. The smallest absolute Gasteiger partial charge is 0.337 e. The van der Waals surface area contributed by atoms with Crippen LogP contribution in [0.2, 0.25) is 5.02 Å². The van der Waals surface area contributed by atoms with E-state index in [1.807, 2.05) is 24.3 Å². The summed E-state index contributed by atoms with van der Waals surface area (Å²) in [6, 6.07) is 13.5. The van der Waals surface area contributed by atoms with Crippen LogP contribution in [0.3, 0.4) is 0 Å². The fourth-order valence-electron chi connectivity index (χ4n) is 3.73. The van der Waals surface area contributed by atoms with Crippen LogP contribution in [-0.2, 0) is 14.3 Å². The Kier molecular flexibility index (Phi) is 7.90. The van der Waals surface area contributed by atoms with E-state index in [4.69, 9.17) is 25.8 Å². The second kappa shape index (κ2) is 10.6. The first-order valence-electron chi connectivity index (χ1n) is 10.2. The summed E-state index contributed by atoms with van der Waals surface area (Å²) < 4.78 is 16.3. The molecule has 0 radical (unpaired) electrons. The summed E-state index contributed by atoms with van der Waals surface area (Å²) in [5.74, 6) is 0.108. The molecule has 2 aromatic rings. The molecule has 8 heteroatoms. The largest absolute Gasteiger partial charge is 0.497 e. The predicted octanol–water partition coefficient (Wildman–Crippen LogP) is 3.94. The van der Waals surface area contributed by atoms with Crippen LogP contribution in [0, 0.1) is 0 Å². The van der Waals surface area contributed by atoms with Crippen LogP contribution >= 0.6 is 11.6 Å². The number of hydrogen-bond donors (Lipinski definition) is 1. The number of ketones is 1. The summed E-state index contributed by atoms with van der Waals surface area (Å²) in [6.07, 6.45) is -0.628. The van der Waals surface area contributed by atoms with E-state index in [2.05, 4.69) is 5.32 Å². The van der Waals surface area contributed by atoms with E-state index in [1.54, 1.807) is 57.2 Å². The quantitative estimate of drug-likeness (QED) is 0.474. The third-order valence-electron chi connectivity index (χ3n) is 5.29. The van der Waals surface area contributed by atoms with Crippen molar-refractivity contribution in [3.05, 3.63) is 76.0 Å². The number of methoxy groups -OCH3 is 2. The molecule has 0 saturated heterocycles. The number of nitrogens with zero attached hydrogens (tertiary/aromatic N) is 1. The summed E-state index contributed by atoms with van der Waals surface area (Å²) in [5, 5.41) is 3.73. The fraction of sp³-hybridized carbons (Fsp3) is 0.333. The van der Waals surface area contributed by atoms with E-state index in [-0.39, 0.29) is 18.9 Å². The van der Waals surface area contributed by atoms with Gasteiger partial charge in [-0.3, -0.25) is 4.79 Å². The van der Waals surface area contributed by atoms with E-state index in [9.17, 15) is 9.59 Å². The van der Waals surface area contributed by atoms with Crippen molar-refractivity contribution < 1.29 is 23.8 Å². The van der Waals surface area contributed by atoms with Gasteiger partial charge in [0.1, 0.15) is 5.75 Å². The molecule has 2 aromatic carbocycles. The number of carbonyl (C=O) groups is 2. The summed E-state index contributed by atoms with van der Waals surface area (Å²) in [7, 11) is 3.14. The Morgan fingerprint density at radius 2 is 1.72 bits per heavy atom. The standard InChI is InChI=1S/C24H27ClN2O5/c1-5-32-23(29)21-15(2)26-24(31-4)27(14-20(28)16-6-10-18(25)11-7-16)22(21)17-8-12-19(30-3)13-9-17/h6-13,22,24,26H,5,14H2,1-4H3. The van der Waals surface area contributed by atoms with Crippen LogP contribution in [0.15, 0.2) is 59.8 Å². The first-order valence-corrected chi connectivity index (χ1v) is 10.6. The maximum atomic E-state index is 13.1. The first-order chi connectivity index (χ1) is 15.4. The van der Waals surface area contributed by atoms with Gasteiger partial charge >= 0.3 is 5.97 Å². The third-order valence-corrected chi connectivity index (χ3v) is 5.54. The van der Waals surface area contributed by atoms with Gasteiger partial charge in [-0.15, -0.1) is 0 Å². The van der Waals surface area contributed by atoms with Gasteiger partial charge in [0.2, 0.25) is 0 Å². The van der Waals surface area contributed by atoms with Crippen molar-refractivity contribution in [3.8, 4) is 5.75 Å². The molecule has 0 aromatic heterocycles. The lowest BCUT2D eigenvalue weighted by Gasteiger charge is -2.42. The van der Waals surface area contributed by atoms with Crippen LogP contribution in [-0.4, -0.2) is 50.4 Å². The number of Topliss-reactive ketones (excluding diaryl/α,β-unsaturated/α-hetero) is 1. The molecular formula is C24H27ClN2O5. The van der Waals surface area contributed by atoms with Crippen molar-refractivity contribution in [2.75, 3.05) is 27.4 Å². The Balaban J connectivity index is 2.05. The SMILES string of the molecule is CCOC(=O)C1=C(C)NC(OC)N(CC(=O)c2ccc(Cl)cc2)C1c1ccc(OC)cc1. The molecule has 0 bridgehead atoms. The molecule has 2 unspecified atom stereocenters. The normalized spacial score (nSPS) is 18.8. The number of rotatable bonds is 8. The molecular weight excluding hydrogens is 432 g/mol. The van der Waals surface area contributed by atoms with E-state index in [0.29, 0.717) is 27.6 Å². The molecule has 1 N–H and O–H groups in total. The lowest BCUT2D eigenvalue weighted by atomic mass is 9.93. The van der Waals surface area contributed by atoms with Crippen molar-refractivity contribution in [1.82, 2.24) is 10.2 Å². The van der Waals surface area contributed by atoms with Crippen LogP contribution in [0.25, 0.3) is 0 Å². The Bertz CT molecular complexity index is 988. The Labute approximate surface area is 192 Å². The summed E-state index contributed by atoms with van der Waals surface area (Å²) in [5.41, 5.74) is 2.38. The highest BCUT2D eigenvalue weighted by molar-refractivity contribution is 6.30. The van der Waals surface area contributed by atoms with Gasteiger partial charge in [0.25, 0.3) is 0 Å². The molecule has 0 saturated carbocycles. The second-order valence-corrected chi connectivity index (χ2v) is 7.71. The third kappa shape index (κ3) is 5.12. The maximum absolute atomic E-state index is 13.1. The number of halogens is 1. The molecule has 1 aliphatic rings. The molecule has 1 heterocycles. The van der Waals surface area contributed by atoms with Gasteiger partial charge < -0.3 is 19.5 Å². The zero-order valence-electron chi connectivity index (χ0n) is 18.6. The van der Waals surface area contributed by atoms with Gasteiger partial charge in [0, 0.05) is 23.4 Å². The molecule has 32 heavy (non-hydrogen) atoms. The molecule has 2 atom stereocenters. The number of allylic oxidation sites excluding steroid dienone is 1. The number of esters is 1. The highest BCUT2D eigenvalue weighted by atomic mass is 35.5. The lowest BCUT2D eigenvalue weighted by Crippen LogP contribution is -2.55. The van der Waals surface area contributed by atoms with Gasteiger partial charge in [0.15, 0.2) is 12.1 Å². The zero-order chi connectivity index (χ0) is 23.3. The van der Waals surface area contributed by atoms with Crippen molar-refractivity contribution in [2.45, 2.75) is 26.2 Å². The topological polar surface area (TPSA) is 77.1 Å². The molecule has 3 rings (SSSR count). The molecule has 0 fully saturated rings. The number of hydrogen-bond acceptors (Lipinski definition) is 7. The van der Waals surface area contributed by atoms with Gasteiger partial charge in [0.05, 0.1) is 31.9 Å². The Morgan fingerprint density at radius 3 is 2.28 bits per heavy atom. The van der Waals surface area contributed by atoms with E-state index in [0.717, 1.165) is 5.56 Å². The number of nitrogens with one attached hydrogen (secondary N) is 1. The van der Waals surface area contributed by atoms with E-state index < -0.39 is 18.4 Å². The summed E-state index contributed by atoms with van der Waals surface area (Å²) in [4.78, 5) is 27.9. The lowest BCUT2D eigenvalue weighted by molar-refractivity contribution is -0.141. The van der Waals surface area contributed by atoms with Crippen molar-refractivity contribution in [2.24, 2.45) is 0 Å². The molecule has 170 valence electrons. The summed E-state index contributed by atoms with van der Waals surface area (Å²) in [6.45, 7) is 3.79. The minimum atomic E-state index is -0.628. The monoisotopic (exact) mass is 458 g/mol. The maximum Gasteiger partial charge on any atom is 0.337 e. The molecule has 0 spiro atoms. The highest BCUT2D eigenvalue weighted by Gasteiger charge is 2.40. The van der Waals surface area contributed by atoms with Crippen molar-refractivity contribution in [1.29, 1.82) is 0 Å². The van der Waals surface area contributed by atoms with Crippen molar-refractivity contribution in [3.63, 3.8) is 0 Å². The molecule has 7 nitrogen and oxygen atoms in total. The Hall–Kier alpha value is -2.87. The number of carbonyl (C=O) groups excluding carboxylic acids is 2. The summed E-state index contributed by atoms with van der Waals surface area (Å²) >= 11 is 5.96. The zero-order valence-corrected chi connectivity index (χ0v) is 19.3. The van der Waals surface area contributed by atoms with Gasteiger partial charge in [-0.1, -0.05) is 23.7 Å². The molecule has 1 aliphatic heterocycles. The number of ether oxygens (including phenoxy) is 3. The highest BCUT2D eigenvalue weighted by Crippen LogP contribution is 2.36. The molecule has 0 aliphatic carbocycles. The molecule has 0 amide bonds. The fourth-order valence-corrected chi connectivity index (χ4v) is 3.86. The van der Waals surface area contributed by atoms with E-state index in [1.165, 1.54) is 0 Å². The first kappa shape index (κ1) is 23.8. The predicted molar refractivity (Wildman–Crippen MR) is 121 cm³/mol. The second-order valence-electron chi connectivity index (χ2n) is 7.27. The van der Waals surface area contributed by atoms with Gasteiger partial charge in [-0.05, 0) is 55.8 Å². The number of benzene rings is 2. The average molecular weight is 459 g/mol. The van der Waals surface area contributed by atoms with Crippen LogP contribution in [0.4, 0.5) is 0 Å². The van der Waals surface area contributed by atoms with Crippen LogP contribution in [0.5, 0.6) is 5.75 Å². The minimum absolute atomic E-state index is 0.0000198. The van der Waals surface area contributed by atoms with Gasteiger partial charge in [-0.2, -0.15) is 0 Å². The Morgan fingerprint density at radius 1 is 1.06 bits per heavy atom. The van der Waals surface area contributed by atoms with E-state index >= 15 is 0 Å².